The number of carbonyl (C=O) groups is 2. The van der Waals surface area contributed by atoms with Crippen molar-refractivity contribution in [1.82, 2.24) is 21.9 Å². The van der Waals surface area contributed by atoms with Crippen LogP contribution in [0.4, 0.5) is 5.82 Å². The number of phosphoric ester groups is 1. The van der Waals surface area contributed by atoms with Crippen LogP contribution in [0.1, 0.15) is 200 Å². The van der Waals surface area contributed by atoms with Crippen molar-refractivity contribution >= 4 is 33.4 Å². The summed E-state index contributed by atoms with van der Waals surface area (Å²) in [5, 5.41) is 21.2. The minimum atomic E-state index is -6.07. The number of ether oxygens (including phenoxy) is 3. The molecule has 1 aromatic heterocycles. The van der Waals surface area contributed by atoms with Gasteiger partial charge in [-0.3, -0.25) is 27.5 Å². The van der Waals surface area contributed by atoms with Gasteiger partial charge in [0, 0.05) is 19.0 Å². The second-order valence-electron chi connectivity index (χ2n) is 17.6. The van der Waals surface area contributed by atoms with E-state index in [9.17, 15) is 43.5 Å². The average molecular weight is 1040 g/mol. The number of carbonyl (C=O) groups excluding carboxylic acids is 2. The summed E-state index contributed by atoms with van der Waals surface area (Å²) >= 11 is 0. The molecule has 0 radical (unpaired) electrons. The number of phosphoric acid groups is 2. The van der Waals surface area contributed by atoms with Crippen molar-refractivity contribution in [2.75, 3.05) is 25.6 Å². The smallest absolute Gasteiger partial charge is 0.478 e. The molecule has 0 bridgehead atoms. The zero-order valence-corrected chi connectivity index (χ0v) is 44.6. The minimum Gasteiger partial charge on any atom is -0.789 e. The van der Waals surface area contributed by atoms with Gasteiger partial charge in [-0.1, -0.05) is 141 Å². The number of nitrogen functional groups attached to an aromatic ring is 1. The third kappa shape index (κ3) is 32.3. The first-order valence-electron chi connectivity index (χ1n) is 25.3. The first-order valence-corrected chi connectivity index (χ1v) is 28.2. The summed E-state index contributed by atoms with van der Waals surface area (Å²) in [6, 6.07) is 1.24. The number of unbranched alkanes of at least 4 members (excludes halogenated alkanes) is 22. The van der Waals surface area contributed by atoms with Crippen LogP contribution >= 0.6 is 15.6 Å². The lowest BCUT2D eigenvalue weighted by atomic mass is 10.1. The van der Waals surface area contributed by atoms with Crippen LogP contribution in [0, 0.1) is 0 Å². The molecule has 70 heavy (non-hydrogen) atoms. The number of aliphatic hydroxyl groups excluding tert-OH is 2. The van der Waals surface area contributed by atoms with Crippen LogP contribution in [-0.4, -0.2) is 75.9 Å². The first kappa shape index (κ1) is 67.2. The number of anilines is 1. The number of nitrogens with two attached hydrogens (primary N) is 1. The third-order valence-corrected chi connectivity index (χ3v) is 14.0. The van der Waals surface area contributed by atoms with Crippen molar-refractivity contribution in [2.24, 2.45) is 0 Å². The molecule has 6 atom stereocenters. The molecule has 0 aliphatic carbocycles. The highest BCUT2D eigenvalue weighted by Gasteiger charge is 2.46. The van der Waals surface area contributed by atoms with Gasteiger partial charge in [-0.25, -0.2) is 9.36 Å². The van der Waals surface area contributed by atoms with Gasteiger partial charge in [-0.15, -0.1) is 0 Å². The van der Waals surface area contributed by atoms with E-state index in [4.69, 9.17) is 29.0 Å². The molecule has 1 fully saturated rings. The molecule has 6 unspecified atom stereocenters. The van der Waals surface area contributed by atoms with E-state index < -0.39 is 83.7 Å². The summed E-state index contributed by atoms with van der Waals surface area (Å²) in [7, 11) is -11.5. The molecule has 1 aliphatic rings. The van der Waals surface area contributed by atoms with E-state index in [1.165, 1.54) is 83.1 Å². The molecule has 2 heterocycles. The molecular formula is C48H91N5O15P2. The number of aromatic nitrogens is 2. The van der Waals surface area contributed by atoms with Crippen molar-refractivity contribution in [3.63, 3.8) is 0 Å². The lowest BCUT2D eigenvalue weighted by molar-refractivity contribution is -0.335. The van der Waals surface area contributed by atoms with Gasteiger partial charge >= 0.3 is 25.5 Å². The Balaban J connectivity index is 0.0000238. The number of allylic oxidation sites excluding steroid dienone is 4. The molecule has 22 heteroatoms. The Morgan fingerprint density at radius 2 is 1.17 bits per heavy atom. The summed E-state index contributed by atoms with van der Waals surface area (Å²) in [5.41, 5.74) is 4.59. The van der Waals surface area contributed by atoms with E-state index in [1.54, 1.807) is 0 Å². The monoisotopic (exact) mass is 1040 g/mol. The largest absolute Gasteiger partial charge is 0.789 e. The Morgan fingerprint density at radius 1 is 0.714 bits per heavy atom. The maximum absolute atomic E-state index is 13.6. The fourth-order valence-corrected chi connectivity index (χ4v) is 9.67. The van der Waals surface area contributed by atoms with Crippen LogP contribution in [0.5, 0.6) is 0 Å². The standard InChI is InChI=1S/C48H85N3O15P2.2H3N/c1-3-5-7-9-11-13-15-17-19-21-23-25-27-29-31-33-43(52)61-37-40(64-44(53)34-32-30-28-26-24-22-20-18-16-14-12-10-8-6-4-2)38-62-68(60,66-67(57,58)59)63-39-41-45(54)46(55)47(65-41)51-36-35-42(49)50-48(51)56;;/h17-20,35-36,40-41,45-47,54-55H,3-16,21-34,37-39H2,1-2H3,(H2,49,50,56)(H2,57,58,59);2*1H3. The van der Waals surface area contributed by atoms with Gasteiger partial charge in [0.15, 0.2) is 12.3 Å². The summed E-state index contributed by atoms with van der Waals surface area (Å²) in [6.45, 7) is 2.00. The van der Waals surface area contributed by atoms with Crippen LogP contribution in [0.3, 0.4) is 0 Å². The molecule has 2 rings (SSSR count). The van der Waals surface area contributed by atoms with E-state index in [2.05, 4.69) is 47.4 Å². The number of nitrogens with zero attached hydrogens (tertiary/aromatic N) is 2. The molecule has 0 amide bonds. The van der Waals surface area contributed by atoms with E-state index in [-0.39, 0.29) is 31.0 Å². The normalized spacial score (nSPS) is 18.4. The predicted molar refractivity (Wildman–Crippen MR) is 269 cm³/mol. The summed E-state index contributed by atoms with van der Waals surface area (Å²) < 4.78 is 56.9. The van der Waals surface area contributed by atoms with E-state index in [0.717, 1.165) is 87.8 Å². The van der Waals surface area contributed by atoms with Gasteiger partial charge in [0.2, 0.25) is 0 Å². The van der Waals surface area contributed by atoms with Crippen LogP contribution in [0.2, 0.25) is 0 Å². The molecule has 20 nitrogen and oxygen atoms in total. The summed E-state index contributed by atoms with van der Waals surface area (Å²) in [5.74, 6) is -1.39. The van der Waals surface area contributed by atoms with Crippen molar-refractivity contribution in [3.8, 4) is 0 Å². The van der Waals surface area contributed by atoms with Crippen molar-refractivity contribution in [3.05, 3.63) is 47.1 Å². The molecule has 408 valence electrons. The Morgan fingerprint density at radius 3 is 1.64 bits per heavy atom. The molecule has 1 aliphatic heterocycles. The van der Waals surface area contributed by atoms with Gasteiger partial charge < -0.3 is 56.8 Å². The Labute approximate surface area is 417 Å². The third-order valence-electron chi connectivity index (χ3n) is 11.5. The van der Waals surface area contributed by atoms with Crippen molar-refractivity contribution in [2.45, 2.75) is 224 Å². The Hall–Kier alpha value is -2.84. The lowest BCUT2D eigenvalue weighted by Crippen LogP contribution is -2.36. The van der Waals surface area contributed by atoms with E-state index >= 15 is 0 Å². The highest BCUT2D eigenvalue weighted by atomic mass is 31.3. The maximum atomic E-state index is 13.6. The molecular weight excluding hydrogens is 948 g/mol. The predicted octanol–water partition coefficient (Wildman–Crippen LogP) is 9.71. The number of hydrogen-bond acceptors (Lipinski definition) is 17. The molecule has 0 saturated carbocycles. The fourth-order valence-electron chi connectivity index (χ4n) is 7.56. The molecule has 0 spiro atoms. The molecule has 1 saturated heterocycles. The van der Waals surface area contributed by atoms with Gasteiger partial charge in [0.1, 0.15) is 30.7 Å². The van der Waals surface area contributed by atoms with E-state index in [0.29, 0.717) is 12.8 Å². The topological polar surface area (TPSA) is 344 Å². The van der Waals surface area contributed by atoms with Crippen molar-refractivity contribution < 1.29 is 66.3 Å². The molecule has 12 N–H and O–H groups in total. The van der Waals surface area contributed by atoms with Crippen molar-refractivity contribution in [1.29, 1.82) is 0 Å². The van der Waals surface area contributed by atoms with Crippen LogP contribution in [-0.2, 0) is 46.3 Å². The number of quaternary nitrogens is 2. The zero-order valence-electron chi connectivity index (χ0n) is 42.8. The van der Waals surface area contributed by atoms with Gasteiger partial charge in [0.05, 0.1) is 21.0 Å². The highest BCUT2D eigenvalue weighted by molar-refractivity contribution is 7.60. The second-order valence-corrected chi connectivity index (χ2v) is 20.6. The fraction of sp³-hybridized carbons (Fsp3) is 0.792. The SMILES string of the molecule is CCCCCCCCC=CCCCCCCCC(=O)OCC(COP(=O)(OCC1OC(n2ccc(N)nc2=O)C(O)C1O)OP(=O)([O-])[O-])OC(=O)CCCCCCCC=CCCCCCCCC.[NH4+].[NH4+]. The minimum absolute atomic E-state index is 0. The number of esters is 2. The summed E-state index contributed by atoms with van der Waals surface area (Å²) in [6.07, 6.45) is 30.4. The second kappa shape index (κ2) is 40.6. The first-order chi connectivity index (χ1) is 32.7. The Kier molecular flexibility index (Phi) is 39.0. The zero-order chi connectivity index (χ0) is 49.9. The number of aliphatic hydroxyl groups is 2. The van der Waals surface area contributed by atoms with Crippen LogP contribution in [0.15, 0.2) is 41.4 Å². The molecule has 1 aromatic rings. The van der Waals surface area contributed by atoms with Crippen LogP contribution < -0.4 is 33.5 Å². The quantitative estimate of drug-likeness (QED) is 0.0176. The maximum Gasteiger partial charge on any atom is 0.478 e. The average Bonchev–Trinajstić information content (AvgIpc) is 3.57. The molecule has 0 aromatic carbocycles. The Bertz CT molecular complexity index is 1730. The van der Waals surface area contributed by atoms with Gasteiger partial charge in [-0.05, 0) is 70.3 Å². The number of hydrogen-bond donors (Lipinski definition) is 5. The van der Waals surface area contributed by atoms with E-state index in [1.807, 2.05) is 0 Å². The van der Waals surface area contributed by atoms with Gasteiger partial charge in [-0.2, -0.15) is 4.98 Å². The summed E-state index contributed by atoms with van der Waals surface area (Å²) in [4.78, 5) is 64.9. The number of rotatable bonds is 42. The van der Waals surface area contributed by atoms with Crippen LogP contribution in [0.25, 0.3) is 0 Å². The lowest BCUT2D eigenvalue weighted by Gasteiger charge is -2.32. The van der Waals surface area contributed by atoms with Gasteiger partial charge in [0.25, 0.3) is 0 Å². The highest BCUT2D eigenvalue weighted by Crippen LogP contribution is 2.58.